The third kappa shape index (κ3) is 6.07. The number of fused-ring (bicyclic) bond motifs is 1. The molecule has 0 fully saturated rings. The molecule has 9 nitrogen and oxygen atoms in total. The van der Waals surface area contributed by atoms with E-state index in [9.17, 15) is 26.4 Å². The van der Waals surface area contributed by atoms with Crippen LogP contribution in [0.5, 0.6) is 0 Å². The SMILES string of the molecule is CNC(=O)c1c(-c2ccc(F)cc2)oc2nc(N(CCCCS(C)(=O)=O)S(=O)O)c(I)cc12. The van der Waals surface area contributed by atoms with Crippen molar-refractivity contribution in [2.45, 2.75) is 12.8 Å². The molecule has 178 valence electrons. The van der Waals surface area contributed by atoms with Gasteiger partial charge in [-0.3, -0.25) is 13.7 Å². The van der Waals surface area contributed by atoms with E-state index in [-0.39, 0.29) is 35.2 Å². The Bertz CT molecular complexity index is 1310. The van der Waals surface area contributed by atoms with Crippen LogP contribution in [0.1, 0.15) is 23.2 Å². The van der Waals surface area contributed by atoms with E-state index in [1.807, 2.05) is 22.6 Å². The predicted octanol–water partition coefficient (Wildman–Crippen LogP) is 3.37. The summed E-state index contributed by atoms with van der Waals surface area (Å²) in [6, 6.07) is 7.05. The van der Waals surface area contributed by atoms with Gasteiger partial charge in [0, 0.05) is 31.2 Å². The lowest BCUT2D eigenvalue weighted by Gasteiger charge is -2.19. The predicted molar refractivity (Wildman–Crippen MR) is 133 cm³/mol. The van der Waals surface area contributed by atoms with Crippen LogP contribution in [-0.2, 0) is 21.1 Å². The number of nitrogens with zero attached hydrogens (tertiary/aromatic N) is 2. The molecule has 1 aromatic carbocycles. The van der Waals surface area contributed by atoms with Gasteiger partial charge in [-0.15, -0.1) is 0 Å². The number of hydrogen-bond donors (Lipinski definition) is 2. The van der Waals surface area contributed by atoms with Gasteiger partial charge < -0.3 is 9.73 Å². The number of benzene rings is 1. The van der Waals surface area contributed by atoms with Crippen LogP contribution in [-0.4, -0.2) is 53.7 Å². The number of furan rings is 1. The van der Waals surface area contributed by atoms with E-state index < -0.39 is 32.8 Å². The number of nitrogens with one attached hydrogen (secondary N) is 1. The van der Waals surface area contributed by atoms with Gasteiger partial charge in [-0.05, 0) is 65.8 Å². The Morgan fingerprint density at radius 2 is 1.97 bits per heavy atom. The van der Waals surface area contributed by atoms with Gasteiger partial charge in [-0.2, -0.15) is 4.98 Å². The molecule has 0 aliphatic heterocycles. The fourth-order valence-corrected chi connectivity index (χ4v) is 5.38. The molecule has 1 unspecified atom stereocenters. The van der Waals surface area contributed by atoms with Crippen molar-refractivity contribution < 1.29 is 30.8 Å². The molecule has 0 saturated heterocycles. The Kier molecular flexibility index (Phi) is 8.08. The average molecular weight is 609 g/mol. The Morgan fingerprint density at radius 1 is 1.30 bits per heavy atom. The van der Waals surface area contributed by atoms with Crippen LogP contribution in [0.15, 0.2) is 34.7 Å². The highest BCUT2D eigenvalue weighted by Gasteiger charge is 2.26. The number of aromatic nitrogens is 1. The van der Waals surface area contributed by atoms with Gasteiger partial charge >= 0.3 is 0 Å². The number of halogens is 2. The first-order valence-corrected chi connectivity index (χ1v) is 13.9. The summed E-state index contributed by atoms with van der Waals surface area (Å²) < 4.78 is 65.3. The largest absolute Gasteiger partial charge is 0.437 e. The lowest BCUT2D eigenvalue weighted by Crippen LogP contribution is -2.28. The zero-order valence-electron chi connectivity index (χ0n) is 17.7. The zero-order chi connectivity index (χ0) is 24.3. The second kappa shape index (κ2) is 10.4. The third-order valence-corrected chi connectivity index (χ3v) is 7.29. The molecule has 33 heavy (non-hydrogen) atoms. The molecular weight excluding hydrogens is 588 g/mol. The van der Waals surface area contributed by atoms with Gasteiger partial charge in [0.05, 0.1) is 14.5 Å². The van der Waals surface area contributed by atoms with Crippen molar-refractivity contribution in [3.8, 4) is 11.3 Å². The summed E-state index contributed by atoms with van der Waals surface area (Å²) in [4.78, 5) is 17.0. The molecule has 2 aromatic heterocycles. The van der Waals surface area contributed by atoms with E-state index in [1.165, 1.54) is 31.3 Å². The summed E-state index contributed by atoms with van der Waals surface area (Å²) >= 11 is -0.483. The smallest absolute Gasteiger partial charge is 0.263 e. The summed E-state index contributed by atoms with van der Waals surface area (Å²) in [7, 11) is -1.67. The van der Waals surface area contributed by atoms with Gasteiger partial charge in [0.25, 0.3) is 17.2 Å². The Morgan fingerprint density at radius 3 is 2.55 bits per heavy atom. The van der Waals surface area contributed by atoms with E-state index in [2.05, 4.69) is 10.3 Å². The highest BCUT2D eigenvalue weighted by atomic mass is 127. The molecule has 3 rings (SSSR count). The molecule has 0 spiro atoms. The van der Waals surface area contributed by atoms with Crippen molar-refractivity contribution in [3.63, 3.8) is 0 Å². The number of unbranched alkanes of at least 4 members (excludes halogenated alkanes) is 1. The topological polar surface area (TPSA) is 130 Å². The van der Waals surface area contributed by atoms with E-state index in [1.54, 1.807) is 6.07 Å². The molecule has 1 amide bonds. The molecule has 2 N–H and O–H groups in total. The molecule has 0 saturated carbocycles. The number of sulfone groups is 1. The second-order valence-electron chi connectivity index (χ2n) is 7.21. The van der Waals surface area contributed by atoms with Crippen LogP contribution in [0.25, 0.3) is 22.4 Å². The first kappa shape index (κ1) is 25.5. The highest BCUT2D eigenvalue weighted by Crippen LogP contribution is 2.36. The third-order valence-electron chi connectivity index (χ3n) is 4.73. The van der Waals surface area contributed by atoms with E-state index in [0.29, 0.717) is 27.4 Å². The van der Waals surface area contributed by atoms with Crippen molar-refractivity contribution in [2.24, 2.45) is 0 Å². The first-order valence-electron chi connectivity index (χ1n) is 9.69. The zero-order valence-corrected chi connectivity index (χ0v) is 21.5. The lowest BCUT2D eigenvalue weighted by atomic mass is 10.1. The molecule has 0 radical (unpaired) electrons. The van der Waals surface area contributed by atoms with Gasteiger partial charge in [0.1, 0.15) is 21.4 Å². The quantitative estimate of drug-likeness (QED) is 0.216. The Hall–Kier alpha value is -2.10. The number of carbonyl (C=O) groups is 1. The van der Waals surface area contributed by atoms with Crippen LogP contribution >= 0.6 is 22.6 Å². The van der Waals surface area contributed by atoms with Crippen molar-refractivity contribution in [1.29, 1.82) is 0 Å². The fraction of sp³-hybridized carbons (Fsp3) is 0.300. The van der Waals surface area contributed by atoms with Gasteiger partial charge in [0.2, 0.25) is 5.71 Å². The molecule has 2 heterocycles. The summed E-state index contributed by atoms with van der Waals surface area (Å²) in [5.74, 6) is -0.553. The normalized spacial score (nSPS) is 12.6. The summed E-state index contributed by atoms with van der Waals surface area (Å²) in [6.45, 7) is 0.0843. The maximum Gasteiger partial charge on any atom is 0.263 e. The van der Waals surface area contributed by atoms with E-state index >= 15 is 0 Å². The Labute approximate surface area is 206 Å². The average Bonchev–Trinajstić information content (AvgIpc) is 3.10. The van der Waals surface area contributed by atoms with Crippen molar-refractivity contribution in [2.75, 3.05) is 29.9 Å². The fourth-order valence-electron chi connectivity index (χ4n) is 3.20. The maximum atomic E-state index is 13.4. The van der Waals surface area contributed by atoms with E-state index in [4.69, 9.17) is 4.42 Å². The summed E-state index contributed by atoms with van der Waals surface area (Å²) in [5.41, 5.74) is 0.740. The number of rotatable bonds is 9. The highest BCUT2D eigenvalue weighted by molar-refractivity contribution is 14.1. The molecule has 13 heteroatoms. The summed E-state index contributed by atoms with van der Waals surface area (Å²) in [6.07, 6.45) is 1.80. The molecular formula is C20H21FIN3O6S2. The van der Waals surface area contributed by atoms with Crippen LogP contribution in [0.3, 0.4) is 0 Å². The molecule has 0 bridgehead atoms. The van der Waals surface area contributed by atoms with Crippen molar-refractivity contribution in [1.82, 2.24) is 10.3 Å². The lowest BCUT2D eigenvalue weighted by molar-refractivity contribution is 0.0964. The Balaban J connectivity index is 2.05. The molecule has 3 aromatic rings. The maximum absolute atomic E-state index is 13.4. The number of amides is 1. The number of hydrogen-bond acceptors (Lipinski definition) is 6. The van der Waals surface area contributed by atoms with Crippen molar-refractivity contribution >= 4 is 66.5 Å². The molecule has 0 aliphatic rings. The number of pyridine rings is 1. The van der Waals surface area contributed by atoms with Crippen LogP contribution in [0.4, 0.5) is 10.2 Å². The van der Waals surface area contributed by atoms with E-state index in [0.717, 1.165) is 10.6 Å². The summed E-state index contributed by atoms with van der Waals surface area (Å²) in [5, 5.41) is 2.94. The van der Waals surface area contributed by atoms with Gasteiger partial charge in [-0.25, -0.2) is 17.0 Å². The van der Waals surface area contributed by atoms with Crippen LogP contribution in [0, 0.1) is 9.39 Å². The first-order chi connectivity index (χ1) is 15.5. The number of carbonyl (C=O) groups excluding carboxylic acids is 1. The van der Waals surface area contributed by atoms with Crippen LogP contribution < -0.4 is 9.62 Å². The van der Waals surface area contributed by atoms with Crippen molar-refractivity contribution in [3.05, 3.63) is 45.3 Å². The van der Waals surface area contributed by atoms with Gasteiger partial charge in [0.15, 0.2) is 5.82 Å². The number of anilines is 1. The standard InChI is InChI=1S/C20H21FIN3O6S2/c1-23-19(26)16-14-11-15(22)18(25(32(27)28)9-3-4-10-33(2,29)30)24-20(14)31-17(16)12-5-7-13(21)8-6-12/h5-8,11H,3-4,9-10H2,1-2H3,(H,23,26)(H,27,28). The second-order valence-corrected chi connectivity index (χ2v) is 11.5. The minimum atomic E-state index is -3.14. The van der Waals surface area contributed by atoms with Crippen LogP contribution in [0.2, 0.25) is 0 Å². The van der Waals surface area contributed by atoms with Gasteiger partial charge in [-0.1, -0.05) is 0 Å². The molecule has 1 atom stereocenters. The monoisotopic (exact) mass is 609 g/mol. The minimum absolute atomic E-state index is 0.0306. The minimum Gasteiger partial charge on any atom is -0.437 e. The molecule has 0 aliphatic carbocycles.